The number of aliphatic hydroxyl groups is 1. The Balaban J connectivity index is 1.90. The molecule has 15 heavy (non-hydrogen) atoms. The molecule has 1 aromatic heterocycles. The Labute approximate surface area is 95.5 Å². The zero-order chi connectivity index (χ0) is 10.7. The Hall–Kier alpha value is -0.380. The lowest BCUT2D eigenvalue weighted by Gasteiger charge is -2.35. The lowest BCUT2D eigenvalue weighted by molar-refractivity contribution is 0.107. The van der Waals surface area contributed by atoms with Gasteiger partial charge in [-0.05, 0) is 50.2 Å². The summed E-state index contributed by atoms with van der Waals surface area (Å²) in [6, 6.07) is 4.88. The van der Waals surface area contributed by atoms with Gasteiger partial charge in [-0.25, -0.2) is 0 Å². The number of rotatable bonds is 3. The van der Waals surface area contributed by atoms with Crippen LogP contribution in [-0.4, -0.2) is 29.7 Å². The van der Waals surface area contributed by atoms with Gasteiger partial charge in [0, 0.05) is 17.5 Å². The van der Waals surface area contributed by atoms with Gasteiger partial charge >= 0.3 is 0 Å². The molecule has 1 aromatic rings. The van der Waals surface area contributed by atoms with Crippen molar-refractivity contribution < 1.29 is 5.11 Å². The molecule has 2 heterocycles. The smallest absolute Gasteiger partial charge is 0.0460 e. The molecule has 1 fully saturated rings. The molecule has 0 bridgehead atoms. The van der Waals surface area contributed by atoms with Crippen LogP contribution in [0.1, 0.15) is 30.7 Å². The standard InChI is InChI=1S/C12H19NOS/c1-10(12-3-2-8-15-12)13-6-4-11(9-14)5-7-13/h2-3,8,10-11,14H,4-7,9H2,1H3/t10-/m0/s1. The largest absolute Gasteiger partial charge is 0.396 e. The van der Waals surface area contributed by atoms with Crippen molar-refractivity contribution in [2.75, 3.05) is 19.7 Å². The predicted molar refractivity (Wildman–Crippen MR) is 64.1 cm³/mol. The minimum Gasteiger partial charge on any atom is -0.396 e. The summed E-state index contributed by atoms with van der Waals surface area (Å²) in [7, 11) is 0. The minimum absolute atomic E-state index is 0.362. The number of hydrogen-bond acceptors (Lipinski definition) is 3. The summed E-state index contributed by atoms with van der Waals surface area (Å²) in [6.07, 6.45) is 2.29. The van der Waals surface area contributed by atoms with Gasteiger partial charge in [0.2, 0.25) is 0 Å². The number of aliphatic hydroxyl groups excluding tert-OH is 1. The summed E-state index contributed by atoms with van der Waals surface area (Å²) in [4.78, 5) is 3.98. The van der Waals surface area contributed by atoms with Crippen LogP contribution in [-0.2, 0) is 0 Å². The van der Waals surface area contributed by atoms with Gasteiger partial charge in [-0.1, -0.05) is 6.07 Å². The number of hydrogen-bond donors (Lipinski definition) is 1. The first-order valence-corrected chi connectivity index (χ1v) is 6.57. The van der Waals surface area contributed by atoms with E-state index >= 15 is 0 Å². The molecule has 2 rings (SSSR count). The third-order valence-corrected chi connectivity index (χ3v) is 4.45. The van der Waals surface area contributed by atoms with Gasteiger partial charge in [-0.2, -0.15) is 0 Å². The molecule has 3 heteroatoms. The van der Waals surface area contributed by atoms with E-state index in [4.69, 9.17) is 5.11 Å². The van der Waals surface area contributed by atoms with Crippen molar-refractivity contribution in [2.24, 2.45) is 5.92 Å². The molecule has 0 aliphatic carbocycles. The number of nitrogens with zero attached hydrogens (tertiary/aromatic N) is 1. The molecule has 0 saturated carbocycles. The van der Waals surface area contributed by atoms with Gasteiger partial charge in [0.25, 0.3) is 0 Å². The summed E-state index contributed by atoms with van der Waals surface area (Å²) >= 11 is 1.84. The van der Waals surface area contributed by atoms with Gasteiger partial charge in [0.15, 0.2) is 0 Å². The first-order valence-electron chi connectivity index (χ1n) is 5.69. The van der Waals surface area contributed by atoms with Gasteiger partial charge in [0.05, 0.1) is 0 Å². The maximum absolute atomic E-state index is 9.08. The Kier molecular flexibility index (Phi) is 3.78. The zero-order valence-electron chi connectivity index (χ0n) is 9.22. The molecule has 1 aliphatic rings. The van der Waals surface area contributed by atoms with Crippen molar-refractivity contribution >= 4 is 11.3 Å². The number of thiophene rings is 1. The maximum atomic E-state index is 9.08. The average molecular weight is 225 g/mol. The molecule has 2 nitrogen and oxygen atoms in total. The van der Waals surface area contributed by atoms with Crippen molar-refractivity contribution in [3.63, 3.8) is 0 Å². The van der Waals surface area contributed by atoms with Crippen LogP contribution in [0.5, 0.6) is 0 Å². The van der Waals surface area contributed by atoms with Crippen LogP contribution >= 0.6 is 11.3 Å². The molecule has 1 atom stereocenters. The second kappa shape index (κ2) is 5.10. The molecule has 84 valence electrons. The molecule has 1 aliphatic heterocycles. The monoisotopic (exact) mass is 225 g/mol. The highest BCUT2D eigenvalue weighted by atomic mass is 32.1. The average Bonchev–Trinajstić information content (AvgIpc) is 2.82. The van der Waals surface area contributed by atoms with Crippen LogP contribution in [0.3, 0.4) is 0 Å². The molecule has 0 radical (unpaired) electrons. The number of piperidine rings is 1. The van der Waals surface area contributed by atoms with Gasteiger partial charge in [0.1, 0.15) is 0 Å². The van der Waals surface area contributed by atoms with E-state index in [1.165, 1.54) is 4.88 Å². The summed E-state index contributed by atoms with van der Waals surface area (Å²) in [6.45, 7) is 4.90. The molecular weight excluding hydrogens is 206 g/mol. The van der Waals surface area contributed by atoms with Crippen LogP contribution in [0.4, 0.5) is 0 Å². The van der Waals surface area contributed by atoms with Crippen molar-refractivity contribution in [1.82, 2.24) is 4.90 Å². The molecular formula is C12H19NOS. The second-order valence-electron chi connectivity index (χ2n) is 4.35. The fraction of sp³-hybridized carbons (Fsp3) is 0.667. The number of likely N-dealkylation sites (tertiary alicyclic amines) is 1. The Bertz CT molecular complexity index is 278. The van der Waals surface area contributed by atoms with E-state index in [9.17, 15) is 0 Å². The summed E-state index contributed by atoms with van der Waals surface area (Å²) in [5.74, 6) is 0.539. The van der Waals surface area contributed by atoms with Gasteiger partial charge < -0.3 is 5.11 Å². The zero-order valence-corrected chi connectivity index (χ0v) is 10.0. The van der Waals surface area contributed by atoms with Crippen LogP contribution in [0.2, 0.25) is 0 Å². The predicted octanol–water partition coefficient (Wildman–Crippen LogP) is 2.51. The highest BCUT2D eigenvalue weighted by Crippen LogP contribution is 2.28. The van der Waals surface area contributed by atoms with E-state index in [0.29, 0.717) is 18.6 Å². The summed E-state index contributed by atoms with van der Waals surface area (Å²) < 4.78 is 0. The highest BCUT2D eigenvalue weighted by Gasteiger charge is 2.23. The lowest BCUT2D eigenvalue weighted by atomic mass is 9.97. The van der Waals surface area contributed by atoms with Crippen LogP contribution in [0.25, 0.3) is 0 Å². The molecule has 1 saturated heterocycles. The van der Waals surface area contributed by atoms with E-state index < -0.39 is 0 Å². The van der Waals surface area contributed by atoms with E-state index in [-0.39, 0.29) is 0 Å². The van der Waals surface area contributed by atoms with E-state index in [0.717, 1.165) is 25.9 Å². The Morgan fingerprint density at radius 2 is 2.27 bits per heavy atom. The normalized spacial score (nSPS) is 21.7. The lowest BCUT2D eigenvalue weighted by Crippen LogP contribution is -2.36. The van der Waals surface area contributed by atoms with Crippen molar-refractivity contribution in [3.8, 4) is 0 Å². The molecule has 0 spiro atoms. The maximum Gasteiger partial charge on any atom is 0.0460 e. The molecule has 0 unspecified atom stereocenters. The first kappa shape index (κ1) is 11.1. The third-order valence-electron chi connectivity index (χ3n) is 3.41. The van der Waals surface area contributed by atoms with Gasteiger partial charge in [-0.3, -0.25) is 4.90 Å². The fourth-order valence-corrected chi connectivity index (χ4v) is 3.05. The van der Waals surface area contributed by atoms with Crippen LogP contribution in [0.15, 0.2) is 17.5 Å². The quantitative estimate of drug-likeness (QED) is 0.854. The minimum atomic E-state index is 0.362. The van der Waals surface area contributed by atoms with Gasteiger partial charge in [-0.15, -0.1) is 11.3 Å². The SMILES string of the molecule is C[C@@H](c1cccs1)N1CCC(CO)CC1. The van der Waals surface area contributed by atoms with Crippen molar-refractivity contribution in [1.29, 1.82) is 0 Å². The van der Waals surface area contributed by atoms with Crippen LogP contribution in [0, 0.1) is 5.92 Å². The topological polar surface area (TPSA) is 23.5 Å². The molecule has 1 N–H and O–H groups in total. The second-order valence-corrected chi connectivity index (χ2v) is 5.33. The highest BCUT2D eigenvalue weighted by molar-refractivity contribution is 7.10. The van der Waals surface area contributed by atoms with E-state index in [1.807, 2.05) is 11.3 Å². The Morgan fingerprint density at radius 3 is 2.80 bits per heavy atom. The first-order chi connectivity index (χ1) is 7.31. The van der Waals surface area contributed by atoms with E-state index in [2.05, 4.69) is 29.3 Å². The van der Waals surface area contributed by atoms with Crippen molar-refractivity contribution in [2.45, 2.75) is 25.8 Å². The summed E-state index contributed by atoms with van der Waals surface area (Å²) in [5, 5.41) is 11.2. The fourth-order valence-electron chi connectivity index (χ4n) is 2.23. The van der Waals surface area contributed by atoms with Crippen LogP contribution < -0.4 is 0 Å². The molecule has 0 amide bonds. The molecule has 0 aromatic carbocycles. The van der Waals surface area contributed by atoms with Crippen molar-refractivity contribution in [3.05, 3.63) is 22.4 Å². The Morgan fingerprint density at radius 1 is 1.53 bits per heavy atom. The third kappa shape index (κ3) is 2.60. The summed E-state index contributed by atoms with van der Waals surface area (Å²) in [5.41, 5.74) is 0. The van der Waals surface area contributed by atoms with E-state index in [1.54, 1.807) is 0 Å².